The highest BCUT2D eigenvalue weighted by molar-refractivity contribution is 5.52. The number of benzene rings is 1. The van der Waals surface area contributed by atoms with E-state index in [4.69, 9.17) is 4.74 Å². The number of ether oxygens (including phenoxy) is 1. The van der Waals surface area contributed by atoms with E-state index in [1.165, 1.54) is 0 Å². The fraction of sp³-hybridized carbons (Fsp3) is 0.167. The first-order valence-corrected chi connectivity index (χ1v) is 4.12. The van der Waals surface area contributed by atoms with Crippen molar-refractivity contribution in [2.45, 2.75) is 0 Å². The van der Waals surface area contributed by atoms with E-state index in [1.54, 1.807) is 7.11 Å². The molecule has 13 heavy (non-hydrogen) atoms. The molecule has 0 bridgehead atoms. The van der Waals surface area contributed by atoms with Gasteiger partial charge in [-0.1, -0.05) is 42.2 Å². The molecule has 1 heteroatoms. The van der Waals surface area contributed by atoms with Crippen molar-refractivity contribution in [3.8, 4) is 11.8 Å². The van der Waals surface area contributed by atoms with Gasteiger partial charge >= 0.3 is 0 Å². The van der Waals surface area contributed by atoms with Crippen LogP contribution in [0.2, 0.25) is 0 Å². The Morgan fingerprint density at radius 3 is 2.77 bits per heavy atom. The molecule has 0 aliphatic heterocycles. The topological polar surface area (TPSA) is 9.23 Å². The van der Waals surface area contributed by atoms with Gasteiger partial charge in [0, 0.05) is 7.11 Å². The highest BCUT2D eigenvalue weighted by atomic mass is 16.5. The Morgan fingerprint density at radius 1 is 1.31 bits per heavy atom. The van der Waals surface area contributed by atoms with Gasteiger partial charge in [-0.05, 0) is 17.7 Å². The van der Waals surface area contributed by atoms with E-state index in [2.05, 4.69) is 11.8 Å². The van der Waals surface area contributed by atoms with Crippen LogP contribution in [0.15, 0.2) is 36.4 Å². The zero-order valence-corrected chi connectivity index (χ0v) is 7.66. The van der Waals surface area contributed by atoms with Crippen LogP contribution >= 0.6 is 0 Å². The zero-order valence-electron chi connectivity index (χ0n) is 7.66. The van der Waals surface area contributed by atoms with Crippen LogP contribution in [0.25, 0.3) is 6.08 Å². The normalized spacial score (nSPS) is 9.62. The van der Waals surface area contributed by atoms with Crippen LogP contribution < -0.4 is 0 Å². The molecule has 0 atom stereocenters. The number of methoxy groups -OCH3 is 1. The van der Waals surface area contributed by atoms with Crippen molar-refractivity contribution in [1.29, 1.82) is 0 Å². The minimum Gasteiger partial charge on any atom is -0.372 e. The molecule has 1 rings (SSSR count). The van der Waals surface area contributed by atoms with Gasteiger partial charge in [-0.3, -0.25) is 0 Å². The molecule has 1 aromatic carbocycles. The number of rotatable bonds is 2. The third kappa shape index (κ3) is 4.15. The second-order valence-electron chi connectivity index (χ2n) is 2.50. The van der Waals surface area contributed by atoms with Crippen molar-refractivity contribution >= 4 is 6.08 Å². The summed E-state index contributed by atoms with van der Waals surface area (Å²) in [5.41, 5.74) is 1.16. The summed E-state index contributed by atoms with van der Waals surface area (Å²) in [5.74, 6) is 5.73. The molecular weight excluding hydrogens is 160 g/mol. The Balaban J connectivity index is 2.47. The summed E-state index contributed by atoms with van der Waals surface area (Å²) < 4.78 is 4.79. The molecule has 66 valence electrons. The first-order chi connectivity index (χ1) is 6.43. The fourth-order valence-electron chi connectivity index (χ4n) is 0.875. The number of hydrogen-bond donors (Lipinski definition) is 0. The van der Waals surface area contributed by atoms with Gasteiger partial charge in [-0.15, -0.1) is 0 Å². The lowest BCUT2D eigenvalue weighted by atomic mass is 10.2. The predicted molar refractivity (Wildman–Crippen MR) is 55.1 cm³/mol. The molecule has 0 aromatic heterocycles. The SMILES string of the molecule is COCC#C/C=C\c1ccccc1. The van der Waals surface area contributed by atoms with E-state index < -0.39 is 0 Å². The first kappa shape index (κ1) is 9.57. The van der Waals surface area contributed by atoms with Gasteiger partial charge in [0.1, 0.15) is 6.61 Å². The summed E-state index contributed by atoms with van der Waals surface area (Å²) in [4.78, 5) is 0. The van der Waals surface area contributed by atoms with Crippen molar-refractivity contribution < 1.29 is 4.74 Å². The third-order valence-electron chi connectivity index (χ3n) is 1.48. The van der Waals surface area contributed by atoms with Crippen molar-refractivity contribution in [3.05, 3.63) is 42.0 Å². The molecule has 0 radical (unpaired) electrons. The highest BCUT2D eigenvalue weighted by Crippen LogP contribution is 1.99. The maximum absolute atomic E-state index is 4.79. The van der Waals surface area contributed by atoms with E-state index in [-0.39, 0.29) is 0 Å². The summed E-state index contributed by atoms with van der Waals surface area (Å²) in [5, 5.41) is 0. The minimum absolute atomic E-state index is 0.485. The summed E-state index contributed by atoms with van der Waals surface area (Å²) in [6, 6.07) is 10.1. The summed E-state index contributed by atoms with van der Waals surface area (Å²) >= 11 is 0. The number of hydrogen-bond acceptors (Lipinski definition) is 1. The molecular formula is C12H12O. The summed E-state index contributed by atoms with van der Waals surface area (Å²) in [7, 11) is 1.63. The molecule has 0 amide bonds. The minimum atomic E-state index is 0.485. The molecule has 1 nitrogen and oxygen atoms in total. The van der Waals surface area contributed by atoms with E-state index >= 15 is 0 Å². The highest BCUT2D eigenvalue weighted by Gasteiger charge is 1.79. The first-order valence-electron chi connectivity index (χ1n) is 4.12. The molecule has 0 fully saturated rings. The molecule has 0 saturated heterocycles. The molecule has 0 unspecified atom stereocenters. The van der Waals surface area contributed by atoms with Gasteiger partial charge in [0.25, 0.3) is 0 Å². The smallest absolute Gasteiger partial charge is 0.107 e. The lowest BCUT2D eigenvalue weighted by Gasteiger charge is -1.87. The Hall–Kier alpha value is -1.52. The monoisotopic (exact) mass is 172 g/mol. The molecule has 0 aliphatic carbocycles. The maximum Gasteiger partial charge on any atom is 0.107 e. The zero-order chi connectivity index (χ0) is 9.36. The maximum atomic E-state index is 4.79. The van der Waals surface area contributed by atoms with Crippen molar-refractivity contribution in [2.24, 2.45) is 0 Å². The van der Waals surface area contributed by atoms with E-state index in [0.29, 0.717) is 6.61 Å². The van der Waals surface area contributed by atoms with Crippen LogP contribution in [-0.2, 0) is 4.74 Å². The van der Waals surface area contributed by atoms with Crippen LogP contribution in [0.4, 0.5) is 0 Å². The lowest BCUT2D eigenvalue weighted by Crippen LogP contribution is -1.79. The number of allylic oxidation sites excluding steroid dienone is 1. The van der Waals surface area contributed by atoms with Gasteiger partial charge in [-0.25, -0.2) is 0 Å². The quantitative estimate of drug-likeness (QED) is 0.622. The Bertz CT molecular complexity index is 314. The summed E-state index contributed by atoms with van der Waals surface area (Å²) in [6.07, 6.45) is 3.80. The molecule has 0 aliphatic rings. The average molecular weight is 172 g/mol. The van der Waals surface area contributed by atoms with E-state index in [9.17, 15) is 0 Å². The predicted octanol–water partition coefficient (Wildman–Crippen LogP) is 2.35. The lowest BCUT2D eigenvalue weighted by molar-refractivity contribution is 0.240. The standard InChI is InChI=1S/C12H12O/c1-13-11-7-3-6-10-12-8-4-2-5-9-12/h2,4-6,8-10H,11H2,1H3/b10-6-. The van der Waals surface area contributed by atoms with Crippen LogP contribution in [-0.4, -0.2) is 13.7 Å². The molecule has 1 aromatic rings. The van der Waals surface area contributed by atoms with Crippen LogP contribution in [0.5, 0.6) is 0 Å². The van der Waals surface area contributed by atoms with Gasteiger partial charge in [0.2, 0.25) is 0 Å². The molecule has 0 spiro atoms. The van der Waals surface area contributed by atoms with Crippen molar-refractivity contribution in [2.75, 3.05) is 13.7 Å². The van der Waals surface area contributed by atoms with E-state index in [0.717, 1.165) is 5.56 Å². The van der Waals surface area contributed by atoms with Crippen LogP contribution in [0.1, 0.15) is 5.56 Å². The third-order valence-corrected chi connectivity index (χ3v) is 1.48. The molecule has 0 saturated carbocycles. The van der Waals surface area contributed by atoms with Crippen LogP contribution in [0, 0.1) is 11.8 Å². The van der Waals surface area contributed by atoms with Gasteiger partial charge in [-0.2, -0.15) is 0 Å². The van der Waals surface area contributed by atoms with Gasteiger partial charge in [0.15, 0.2) is 0 Å². The van der Waals surface area contributed by atoms with Gasteiger partial charge < -0.3 is 4.74 Å². The average Bonchev–Trinajstić information content (AvgIpc) is 2.19. The van der Waals surface area contributed by atoms with E-state index in [1.807, 2.05) is 42.5 Å². The van der Waals surface area contributed by atoms with Crippen molar-refractivity contribution in [3.63, 3.8) is 0 Å². The largest absolute Gasteiger partial charge is 0.372 e. The second-order valence-corrected chi connectivity index (χ2v) is 2.50. The van der Waals surface area contributed by atoms with Crippen LogP contribution in [0.3, 0.4) is 0 Å². The van der Waals surface area contributed by atoms with Crippen molar-refractivity contribution in [1.82, 2.24) is 0 Å². The molecule has 0 heterocycles. The fourth-order valence-corrected chi connectivity index (χ4v) is 0.875. The van der Waals surface area contributed by atoms with Gasteiger partial charge in [0.05, 0.1) is 0 Å². The molecule has 0 N–H and O–H groups in total. The Kier molecular flexibility index (Phi) is 4.45. The Morgan fingerprint density at radius 2 is 2.08 bits per heavy atom. The summed E-state index contributed by atoms with van der Waals surface area (Å²) in [6.45, 7) is 0.485. The Labute approximate surface area is 79.0 Å². The second kappa shape index (κ2) is 6.05.